The normalized spacial score (nSPS) is 13.2. The molecule has 5 heteroatoms. The van der Waals surface area contributed by atoms with Crippen LogP contribution in [0, 0.1) is 11.3 Å². The molecule has 4 nitrogen and oxygen atoms in total. The van der Waals surface area contributed by atoms with Gasteiger partial charge in [-0.25, -0.2) is 0 Å². The van der Waals surface area contributed by atoms with E-state index in [4.69, 9.17) is 22.1 Å². The van der Waals surface area contributed by atoms with Crippen LogP contribution >= 0.6 is 11.6 Å². The standard InChI is InChI=1S/C11H12ClN3O/c1-8(15-16)11(14-7-6-13)9-2-4-10(12)5-3-9/h2-5,11,14,16H,7H2,1H3/b15-8+. The van der Waals surface area contributed by atoms with E-state index in [0.717, 1.165) is 5.56 Å². The molecule has 0 aliphatic rings. The van der Waals surface area contributed by atoms with Crippen LogP contribution in [0.2, 0.25) is 5.02 Å². The van der Waals surface area contributed by atoms with Gasteiger partial charge in [-0.15, -0.1) is 0 Å². The van der Waals surface area contributed by atoms with E-state index in [1.165, 1.54) is 0 Å². The zero-order valence-corrected chi connectivity index (χ0v) is 9.57. The molecule has 1 rings (SSSR count). The van der Waals surface area contributed by atoms with Gasteiger partial charge >= 0.3 is 0 Å². The van der Waals surface area contributed by atoms with E-state index in [2.05, 4.69) is 10.5 Å². The number of oxime groups is 1. The van der Waals surface area contributed by atoms with Gasteiger partial charge < -0.3 is 5.21 Å². The van der Waals surface area contributed by atoms with Gasteiger partial charge in [-0.05, 0) is 24.6 Å². The van der Waals surface area contributed by atoms with Crippen LogP contribution < -0.4 is 5.32 Å². The maximum absolute atomic E-state index is 8.76. The molecule has 1 atom stereocenters. The number of nitriles is 1. The predicted molar refractivity (Wildman–Crippen MR) is 62.7 cm³/mol. The van der Waals surface area contributed by atoms with E-state index >= 15 is 0 Å². The molecule has 0 bridgehead atoms. The first-order chi connectivity index (χ1) is 7.69. The third kappa shape index (κ3) is 3.23. The summed E-state index contributed by atoms with van der Waals surface area (Å²) in [7, 11) is 0. The summed E-state index contributed by atoms with van der Waals surface area (Å²) in [6.45, 7) is 1.86. The minimum atomic E-state index is -0.276. The first kappa shape index (κ1) is 12.5. The van der Waals surface area contributed by atoms with Crippen molar-refractivity contribution in [3.63, 3.8) is 0 Å². The minimum Gasteiger partial charge on any atom is -0.411 e. The van der Waals surface area contributed by atoms with Crippen molar-refractivity contribution < 1.29 is 5.21 Å². The topological polar surface area (TPSA) is 68.4 Å². The Morgan fingerprint density at radius 1 is 1.56 bits per heavy atom. The lowest BCUT2D eigenvalue weighted by atomic mass is 10.0. The number of hydrogen-bond acceptors (Lipinski definition) is 4. The van der Waals surface area contributed by atoms with E-state index in [0.29, 0.717) is 10.7 Å². The van der Waals surface area contributed by atoms with E-state index in [9.17, 15) is 0 Å². The van der Waals surface area contributed by atoms with Crippen molar-refractivity contribution in [2.45, 2.75) is 13.0 Å². The lowest BCUT2D eigenvalue weighted by Crippen LogP contribution is -2.27. The summed E-state index contributed by atoms with van der Waals surface area (Å²) < 4.78 is 0. The molecule has 0 aliphatic heterocycles. The summed E-state index contributed by atoms with van der Waals surface area (Å²) in [5.41, 5.74) is 1.40. The first-order valence-electron chi connectivity index (χ1n) is 4.73. The van der Waals surface area contributed by atoms with E-state index in [-0.39, 0.29) is 12.6 Å². The second-order valence-corrected chi connectivity index (χ2v) is 3.70. The van der Waals surface area contributed by atoms with Crippen LogP contribution in [0.15, 0.2) is 29.4 Å². The van der Waals surface area contributed by atoms with Gasteiger partial charge in [-0.3, -0.25) is 5.32 Å². The monoisotopic (exact) mass is 237 g/mol. The average Bonchev–Trinajstić information content (AvgIpc) is 2.31. The molecule has 16 heavy (non-hydrogen) atoms. The third-order valence-electron chi connectivity index (χ3n) is 2.16. The molecule has 0 fully saturated rings. The molecule has 2 N–H and O–H groups in total. The molecule has 0 saturated heterocycles. The van der Waals surface area contributed by atoms with Gasteiger partial charge in [-0.2, -0.15) is 5.26 Å². The highest BCUT2D eigenvalue weighted by Gasteiger charge is 2.14. The maximum atomic E-state index is 8.76. The highest BCUT2D eigenvalue weighted by Crippen LogP contribution is 2.17. The third-order valence-corrected chi connectivity index (χ3v) is 2.42. The Balaban J connectivity index is 2.92. The van der Waals surface area contributed by atoms with Crippen LogP contribution in [-0.4, -0.2) is 17.5 Å². The van der Waals surface area contributed by atoms with Crippen molar-refractivity contribution in [1.82, 2.24) is 5.32 Å². The van der Waals surface area contributed by atoms with Crippen molar-refractivity contribution >= 4 is 17.3 Å². The Bertz CT molecular complexity index is 408. The van der Waals surface area contributed by atoms with Crippen LogP contribution in [-0.2, 0) is 0 Å². The average molecular weight is 238 g/mol. The van der Waals surface area contributed by atoms with Gasteiger partial charge in [0.15, 0.2) is 0 Å². The predicted octanol–water partition coefficient (Wildman–Crippen LogP) is 2.34. The summed E-state index contributed by atoms with van der Waals surface area (Å²) >= 11 is 5.78. The fourth-order valence-electron chi connectivity index (χ4n) is 1.37. The lowest BCUT2D eigenvalue weighted by molar-refractivity contribution is 0.315. The Labute approximate surface area is 99.1 Å². The quantitative estimate of drug-likeness (QED) is 0.366. The van der Waals surface area contributed by atoms with Gasteiger partial charge in [0.2, 0.25) is 0 Å². The second-order valence-electron chi connectivity index (χ2n) is 3.26. The fraction of sp³-hybridized carbons (Fsp3) is 0.273. The number of rotatable bonds is 4. The minimum absolute atomic E-state index is 0.181. The molecule has 0 heterocycles. The van der Waals surface area contributed by atoms with Crippen LogP contribution in [0.5, 0.6) is 0 Å². The van der Waals surface area contributed by atoms with Gasteiger partial charge in [0, 0.05) is 5.02 Å². The van der Waals surface area contributed by atoms with Crippen molar-refractivity contribution in [2.24, 2.45) is 5.16 Å². The Hall–Kier alpha value is -1.57. The lowest BCUT2D eigenvalue weighted by Gasteiger charge is -2.16. The molecule has 0 spiro atoms. The van der Waals surface area contributed by atoms with Crippen LogP contribution in [0.4, 0.5) is 0 Å². The number of nitrogens with zero attached hydrogens (tertiary/aromatic N) is 2. The van der Waals surface area contributed by atoms with E-state index in [1.54, 1.807) is 19.1 Å². The molecule has 1 aromatic carbocycles. The molecule has 0 saturated carbocycles. The zero-order valence-electron chi connectivity index (χ0n) is 8.81. The highest BCUT2D eigenvalue weighted by molar-refractivity contribution is 6.30. The summed E-state index contributed by atoms with van der Waals surface area (Å²) in [4.78, 5) is 0. The molecule has 0 aromatic heterocycles. The Kier molecular flexibility index (Phi) is 4.77. The first-order valence-corrected chi connectivity index (χ1v) is 5.11. The summed E-state index contributed by atoms with van der Waals surface area (Å²) in [5.74, 6) is 0. The van der Waals surface area contributed by atoms with Crippen LogP contribution in [0.1, 0.15) is 18.5 Å². The summed E-state index contributed by atoms with van der Waals surface area (Å²) in [6, 6.07) is 8.86. The van der Waals surface area contributed by atoms with Crippen molar-refractivity contribution in [3.8, 4) is 6.07 Å². The smallest absolute Gasteiger partial charge is 0.0848 e. The second kappa shape index (κ2) is 6.11. The van der Waals surface area contributed by atoms with Gasteiger partial charge in [0.25, 0.3) is 0 Å². The van der Waals surface area contributed by atoms with Crippen molar-refractivity contribution in [2.75, 3.05) is 6.54 Å². The SMILES string of the molecule is C/C(=N\O)C(NCC#N)c1ccc(Cl)cc1. The largest absolute Gasteiger partial charge is 0.411 e. The van der Waals surface area contributed by atoms with E-state index in [1.807, 2.05) is 18.2 Å². The number of nitrogens with one attached hydrogen (secondary N) is 1. The molecule has 0 aliphatic carbocycles. The number of hydrogen-bond donors (Lipinski definition) is 2. The van der Waals surface area contributed by atoms with Crippen LogP contribution in [0.3, 0.4) is 0 Å². The van der Waals surface area contributed by atoms with Gasteiger partial charge in [0.1, 0.15) is 0 Å². The molecular formula is C11H12ClN3O. The molecule has 0 amide bonds. The van der Waals surface area contributed by atoms with Gasteiger partial charge in [0.05, 0.1) is 24.4 Å². The maximum Gasteiger partial charge on any atom is 0.0848 e. The molecule has 1 aromatic rings. The molecule has 1 unspecified atom stereocenters. The molecule has 0 radical (unpaired) electrons. The van der Waals surface area contributed by atoms with E-state index < -0.39 is 0 Å². The Morgan fingerprint density at radius 3 is 2.69 bits per heavy atom. The Morgan fingerprint density at radius 2 is 2.19 bits per heavy atom. The number of benzene rings is 1. The summed E-state index contributed by atoms with van der Waals surface area (Å²) in [6.07, 6.45) is 0. The van der Waals surface area contributed by atoms with Crippen LogP contribution in [0.25, 0.3) is 0 Å². The zero-order chi connectivity index (χ0) is 12.0. The van der Waals surface area contributed by atoms with Crippen molar-refractivity contribution in [3.05, 3.63) is 34.9 Å². The molecule has 84 valence electrons. The van der Waals surface area contributed by atoms with Crippen molar-refractivity contribution in [1.29, 1.82) is 5.26 Å². The molecular weight excluding hydrogens is 226 g/mol. The summed E-state index contributed by atoms with van der Waals surface area (Å²) in [5, 5.41) is 24.0. The fourth-order valence-corrected chi connectivity index (χ4v) is 1.49. The highest BCUT2D eigenvalue weighted by atomic mass is 35.5. The van der Waals surface area contributed by atoms with Gasteiger partial charge in [-0.1, -0.05) is 28.9 Å². The number of halogens is 1.